The molecule has 0 unspecified atom stereocenters. The molecule has 19 heavy (non-hydrogen) atoms. The third-order valence-corrected chi connectivity index (χ3v) is 3.08. The van der Waals surface area contributed by atoms with Crippen molar-refractivity contribution in [2.75, 3.05) is 0 Å². The van der Waals surface area contributed by atoms with Gasteiger partial charge in [-0.3, -0.25) is 9.89 Å². The zero-order chi connectivity index (χ0) is 13.4. The third-order valence-electron chi connectivity index (χ3n) is 3.08. The van der Waals surface area contributed by atoms with E-state index in [2.05, 4.69) is 20.4 Å². The summed E-state index contributed by atoms with van der Waals surface area (Å²) in [5.74, 6) is 0. The number of hydrogen-bond acceptors (Lipinski definition) is 4. The van der Waals surface area contributed by atoms with Crippen LogP contribution in [0.15, 0.2) is 29.1 Å². The van der Waals surface area contributed by atoms with E-state index in [0.29, 0.717) is 11.1 Å². The van der Waals surface area contributed by atoms with Crippen LogP contribution >= 0.6 is 0 Å². The number of nitrogens with one attached hydrogen (secondary N) is 2. The number of nitrogens with zero attached hydrogens (tertiary/aromatic N) is 2. The van der Waals surface area contributed by atoms with E-state index >= 15 is 0 Å². The molecule has 0 aliphatic carbocycles. The van der Waals surface area contributed by atoms with Crippen molar-refractivity contribution in [3.63, 3.8) is 0 Å². The smallest absolute Gasteiger partial charge is 0.272 e. The summed E-state index contributed by atoms with van der Waals surface area (Å²) in [6.07, 6.45) is 0. The molecule has 0 aliphatic rings. The predicted octanol–water partition coefficient (Wildman–Crippen LogP) is 1.08. The maximum atomic E-state index is 11.7. The molecule has 4 N–H and O–H groups in total. The Morgan fingerprint density at radius 3 is 2.68 bits per heavy atom. The summed E-state index contributed by atoms with van der Waals surface area (Å²) >= 11 is 0. The van der Waals surface area contributed by atoms with Gasteiger partial charge >= 0.3 is 0 Å². The van der Waals surface area contributed by atoms with Crippen molar-refractivity contribution in [3.8, 4) is 11.3 Å². The van der Waals surface area contributed by atoms with Crippen molar-refractivity contribution in [3.05, 3.63) is 46.0 Å². The van der Waals surface area contributed by atoms with Gasteiger partial charge < -0.3 is 5.73 Å². The second-order valence-electron chi connectivity index (χ2n) is 4.39. The van der Waals surface area contributed by atoms with Crippen molar-refractivity contribution in [1.82, 2.24) is 20.4 Å². The van der Waals surface area contributed by atoms with E-state index in [-0.39, 0.29) is 12.1 Å². The number of aromatic nitrogens is 4. The van der Waals surface area contributed by atoms with Gasteiger partial charge in [0.15, 0.2) is 0 Å². The summed E-state index contributed by atoms with van der Waals surface area (Å²) < 4.78 is 0. The molecule has 6 nitrogen and oxygen atoms in total. The molecule has 0 aliphatic heterocycles. The Labute approximate surface area is 108 Å². The quantitative estimate of drug-likeness (QED) is 0.637. The number of aryl methyl sites for hydroxylation is 1. The molecule has 0 amide bonds. The van der Waals surface area contributed by atoms with Crippen molar-refractivity contribution < 1.29 is 0 Å². The standard InChI is InChI=1S/C13H13N5O/c1-7-4-11(16-15-7)8-2-3-9-10(5-8)12(6-14)17-18-13(9)19/h2-5H,6,14H2,1H3,(H,15,16)(H,18,19). The van der Waals surface area contributed by atoms with E-state index in [1.165, 1.54) is 0 Å². The number of H-pyrrole nitrogens is 2. The molecule has 0 saturated heterocycles. The van der Waals surface area contributed by atoms with Gasteiger partial charge in [-0.15, -0.1) is 0 Å². The van der Waals surface area contributed by atoms with Crippen molar-refractivity contribution in [1.29, 1.82) is 0 Å². The molecular weight excluding hydrogens is 242 g/mol. The van der Waals surface area contributed by atoms with E-state index < -0.39 is 0 Å². The van der Waals surface area contributed by atoms with E-state index in [1.54, 1.807) is 6.07 Å². The van der Waals surface area contributed by atoms with E-state index in [1.807, 2.05) is 25.1 Å². The first-order valence-corrected chi connectivity index (χ1v) is 5.93. The number of benzene rings is 1. The molecule has 0 saturated carbocycles. The minimum Gasteiger partial charge on any atom is -0.325 e. The van der Waals surface area contributed by atoms with Crippen LogP contribution < -0.4 is 11.3 Å². The zero-order valence-corrected chi connectivity index (χ0v) is 10.4. The fraction of sp³-hybridized carbons (Fsp3) is 0.154. The molecule has 0 atom stereocenters. The van der Waals surface area contributed by atoms with E-state index in [9.17, 15) is 4.79 Å². The summed E-state index contributed by atoms with van der Waals surface area (Å²) in [6, 6.07) is 7.52. The fourth-order valence-electron chi connectivity index (χ4n) is 2.11. The van der Waals surface area contributed by atoms with Gasteiger partial charge in [-0.05, 0) is 25.1 Å². The third kappa shape index (κ3) is 1.92. The second kappa shape index (κ2) is 4.33. The lowest BCUT2D eigenvalue weighted by Gasteiger charge is -2.04. The molecular formula is C13H13N5O. The molecule has 96 valence electrons. The summed E-state index contributed by atoms with van der Waals surface area (Å²) in [4.78, 5) is 11.7. The summed E-state index contributed by atoms with van der Waals surface area (Å²) in [5.41, 5.74) is 8.89. The van der Waals surface area contributed by atoms with Gasteiger partial charge in [0.2, 0.25) is 0 Å². The Morgan fingerprint density at radius 1 is 1.16 bits per heavy atom. The SMILES string of the molecule is Cc1cc(-c2ccc3c(=O)[nH]nc(CN)c3c2)[nH]n1. The topological polar surface area (TPSA) is 100 Å². The first-order valence-electron chi connectivity index (χ1n) is 5.93. The molecule has 0 bridgehead atoms. The van der Waals surface area contributed by atoms with Crippen LogP contribution in [0.4, 0.5) is 0 Å². The first kappa shape index (κ1) is 11.6. The predicted molar refractivity (Wildman–Crippen MR) is 72.6 cm³/mol. The minimum absolute atomic E-state index is 0.209. The maximum absolute atomic E-state index is 11.7. The summed E-state index contributed by atoms with van der Waals surface area (Å²) in [7, 11) is 0. The normalized spacial score (nSPS) is 11.1. The molecule has 3 aromatic rings. The van der Waals surface area contributed by atoms with Crippen LogP contribution in [0.5, 0.6) is 0 Å². The Kier molecular flexibility index (Phi) is 2.64. The summed E-state index contributed by atoms with van der Waals surface area (Å²) in [6.45, 7) is 2.19. The van der Waals surface area contributed by atoms with Crippen molar-refractivity contribution in [2.24, 2.45) is 5.73 Å². The number of aromatic amines is 2. The van der Waals surface area contributed by atoms with Gasteiger partial charge in [0.05, 0.1) is 22.5 Å². The molecule has 2 aromatic heterocycles. The molecule has 1 aromatic carbocycles. The second-order valence-corrected chi connectivity index (χ2v) is 4.39. The first-order chi connectivity index (χ1) is 9.19. The molecule has 3 rings (SSSR count). The van der Waals surface area contributed by atoms with Crippen LogP contribution in [-0.2, 0) is 6.54 Å². The number of fused-ring (bicyclic) bond motifs is 1. The average Bonchev–Trinajstić information content (AvgIpc) is 2.86. The Bertz CT molecular complexity index is 802. The number of hydrogen-bond donors (Lipinski definition) is 3. The van der Waals surface area contributed by atoms with Gasteiger partial charge in [0.25, 0.3) is 5.56 Å². The Hall–Kier alpha value is -2.47. The molecule has 2 heterocycles. The minimum atomic E-state index is -0.209. The lowest BCUT2D eigenvalue weighted by Crippen LogP contribution is -2.13. The number of nitrogens with two attached hydrogens (primary N) is 1. The van der Waals surface area contributed by atoms with Crippen LogP contribution in [0.3, 0.4) is 0 Å². The highest BCUT2D eigenvalue weighted by Gasteiger charge is 2.08. The fourth-order valence-corrected chi connectivity index (χ4v) is 2.11. The highest BCUT2D eigenvalue weighted by Crippen LogP contribution is 2.23. The molecule has 0 fully saturated rings. The van der Waals surface area contributed by atoms with E-state index in [4.69, 9.17) is 5.73 Å². The highest BCUT2D eigenvalue weighted by molar-refractivity contribution is 5.87. The number of rotatable bonds is 2. The Morgan fingerprint density at radius 2 is 2.00 bits per heavy atom. The van der Waals surface area contributed by atoms with Gasteiger partial charge in [-0.25, -0.2) is 5.10 Å². The lowest BCUT2D eigenvalue weighted by atomic mass is 10.0. The monoisotopic (exact) mass is 255 g/mol. The average molecular weight is 255 g/mol. The van der Waals surface area contributed by atoms with Crippen LogP contribution in [0, 0.1) is 6.92 Å². The van der Waals surface area contributed by atoms with Crippen LogP contribution in [0.25, 0.3) is 22.0 Å². The van der Waals surface area contributed by atoms with Crippen molar-refractivity contribution in [2.45, 2.75) is 13.5 Å². The maximum Gasteiger partial charge on any atom is 0.272 e. The van der Waals surface area contributed by atoms with Gasteiger partial charge in [-0.1, -0.05) is 6.07 Å². The van der Waals surface area contributed by atoms with Crippen LogP contribution in [0.1, 0.15) is 11.4 Å². The molecule has 0 spiro atoms. The van der Waals surface area contributed by atoms with Gasteiger partial charge in [0, 0.05) is 17.5 Å². The largest absolute Gasteiger partial charge is 0.325 e. The summed E-state index contributed by atoms with van der Waals surface area (Å²) in [5, 5.41) is 14.8. The Balaban J connectivity index is 2.28. The van der Waals surface area contributed by atoms with Crippen LogP contribution in [-0.4, -0.2) is 20.4 Å². The van der Waals surface area contributed by atoms with Crippen molar-refractivity contribution >= 4 is 10.8 Å². The van der Waals surface area contributed by atoms with Gasteiger partial charge in [0.1, 0.15) is 0 Å². The zero-order valence-electron chi connectivity index (χ0n) is 10.4. The highest BCUT2D eigenvalue weighted by atomic mass is 16.1. The van der Waals surface area contributed by atoms with Gasteiger partial charge in [-0.2, -0.15) is 10.2 Å². The lowest BCUT2D eigenvalue weighted by molar-refractivity contribution is 0.900. The molecule has 0 radical (unpaired) electrons. The molecule has 6 heteroatoms. The van der Waals surface area contributed by atoms with Crippen LogP contribution in [0.2, 0.25) is 0 Å². The van der Waals surface area contributed by atoms with E-state index in [0.717, 1.165) is 22.3 Å².